The first kappa shape index (κ1) is 21.2. The molecule has 0 saturated heterocycles. The van der Waals surface area contributed by atoms with E-state index in [0.29, 0.717) is 25.3 Å². The van der Waals surface area contributed by atoms with Gasteiger partial charge in [0.25, 0.3) is 0 Å². The highest BCUT2D eigenvalue weighted by Gasteiger charge is 2.18. The zero-order valence-corrected chi connectivity index (χ0v) is 17.6. The van der Waals surface area contributed by atoms with Crippen LogP contribution < -0.4 is 20.1 Å². The Bertz CT molecular complexity index is 1060. The number of ether oxygens (including phenoxy) is 2. The Morgan fingerprint density at radius 3 is 2.53 bits per heavy atom. The van der Waals surface area contributed by atoms with E-state index in [-0.39, 0.29) is 6.03 Å². The molecule has 0 aliphatic rings. The van der Waals surface area contributed by atoms with Gasteiger partial charge in [0.2, 0.25) is 0 Å². The Morgan fingerprint density at radius 1 is 1.17 bits per heavy atom. The van der Waals surface area contributed by atoms with E-state index in [4.69, 9.17) is 9.47 Å². The molecule has 0 aliphatic carbocycles. The number of hydrogen-bond donors (Lipinski definition) is 2. The number of rotatable bonds is 8. The minimum Gasteiger partial charge on any atom is -0.497 e. The zero-order valence-electron chi connectivity index (χ0n) is 17.6. The molecule has 0 unspecified atom stereocenters. The summed E-state index contributed by atoms with van der Waals surface area (Å²) in [6, 6.07) is 15.8. The number of carbonyl (C=O) groups is 1. The average Bonchev–Trinajstić information content (AvgIpc) is 3.09. The van der Waals surface area contributed by atoms with Crippen molar-refractivity contribution in [2.45, 2.75) is 20.4 Å². The third-order valence-electron chi connectivity index (χ3n) is 4.89. The van der Waals surface area contributed by atoms with Crippen LogP contribution in [0.5, 0.6) is 11.5 Å². The van der Waals surface area contributed by atoms with Crippen molar-refractivity contribution < 1.29 is 19.6 Å². The molecule has 2 aromatic carbocycles. The number of hydrogen-bond acceptors (Lipinski definition) is 4. The summed E-state index contributed by atoms with van der Waals surface area (Å²) < 4.78 is 13.2. The number of benzene rings is 2. The van der Waals surface area contributed by atoms with Crippen LogP contribution >= 0.6 is 0 Å². The normalized spacial score (nSPS) is 10.6. The van der Waals surface area contributed by atoms with Gasteiger partial charge >= 0.3 is 6.03 Å². The molecule has 2 amide bonds. The van der Waals surface area contributed by atoms with E-state index in [1.165, 1.54) is 0 Å². The Morgan fingerprint density at radius 2 is 1.90 bits per heavy atom. The van der Waals surface area contributed by atoms with Crippen molar-refractivity contribution >= 4 is 16.9 Å². The fraction of sp³-hybridized carbons (Fsp3) is 0.304. The van der Waals surface area contributed by atoms with E-state index in [0.717, 1.165) is 40.2 Å². The zero-order chi connectivity index (χ0) is 21.5. The van der Waals surface area contributed by atoms with E-state index in [1.54, 1.807) is 12.4 Å². The van der Waals surface area contributed by atoms with Gasteiger partial charge in [0.15, 0.2) is 0 Å². The number of nitriles is 1. The molecule has 0 atom stereocenters. The Hall–Kier alpha value is -3.50. The van der Waals surface area contributed by atoms with Gasteiger partial charge in [-0.05, 0) is 55.8 Å². The minimum atomic E-state index is -0.0792. The second-order valence-corrected chi connectivity index (χ2v) is 6.72. The van der Waals surface area contributed by atoms with Crippen molar-refractivity contribution in [1.82, 2.24) is 9.88 Å². The van der Waals surface area contributed by atoms with Crippen molar-refractivity contribution in [1.29, 1.82) is 5.26 Å². The van der Waals surface area contributed by atoms with E-state index in [1.807, 2.05) is 49.4 Å². The lowest BCUT2D eigenvalue weighted by Crippen LogP contribution is -2.91. The molecule has 0 radical (unpaired) electrons. The number of fused-ring (bicyclic) bond motifs is 1. The van der Waals surface area contributed by atoms with Crippen molar-refractivity contribution in [3.8, 4) is 28.8 Å². The minimum absolute atomic E-state index is 0.0792. The number of nitrogens with two attached hydrogens (primary N) is 1. The molecule has 3 N–H and O–H groups in total. The SMILES string of the molecule is CCNC(=O)[NH2+]CCOc1ccc(-c2c(C#N)c3ccc(OC)cc3n2CC)cc1. The van der Waals surface area contributed by atoms with Gasteiger partial charge in [-0.25, -0.2) is 4.79 Å². The van der Waals surface area contributed by atoms with Gasteiger partial charge in [0.05, 0.1) is 23.9 Å². The molecule has 3 aromatic rings. The van der Waals surface area contributed by atoms with E-state index in [2.05, 4.69) is 22.9 Å². The van der Waals surface area contributed by atoms with Crippen molar-refractivity contribution in [3.63, 3.8) is 0 Å². The Labute approximate surface area is 176 Å². The van der Waals surface area contributed by atoms with Crippen LogP contribution in [-0.2, 0) is 6.54 Å². The lowest BCUT2D eigenvalue weighted by molar-refractivity contribution is -0.557. The molecule has 7 heteroatoms. The second kappa shape index (κ2) is 9.81. The molecule has 0 bridgehead atoms. The molecule has 3 rings (SSSR count). The predicted molar refractivity (Wildman–Crippen MR) is 116 cm³/mol. The van der Waals surface area contributed by atoms with Gasteiger partial charge in [-0.2, -0.15) is 5.26 Å². The van der Waals surface area contributed by atoms with E-state index >= 15 is 0 Å². The first-order valence-corrected chi connectivity index (χ1v) is 10.1. The molecule has 1 heterocycles. The summed E-state index contributed by atoms with van der Waals surface area (Å²) in [5.74, 6) is 1.49. The van der Waals surface area contributed by atoms with Gasteiger partial charge in [-0.3, -0.25) is 5.32 Å². The molecule has 0 fully saturated rings. The summed E-state index contributed by atoms with van der Waals surface area (Å²) in [6.45, 7) is 6.26. The van der Waals surface area contributed by atoms with E-state index in [9.17, 15) is 10.1 Å². The van der Waals surface area contributed by atoms with Crippen LogP contribution in [0.1, 0.15) is 19.4 Å². The van der Waals surface area contributed by atoms with Crippen LogP contribution in [0.4, 0.5) is 4.79 Å². The maximum Gasteiger partial charge on any atom is 0.413 e. The van der Waals surface area contributed by atoms with Crippen molar-refractivity contribution in [2.24, 2.45) is 0 Å². The highest BCUT2D eigenvalue weighted by atomic mass is 16.5. The van der Waals surface area contributed by atoms with Crippen LogP contribution in [0.3, 0.4) is 0 Å². The molecular weight excluding hydrogens is 380 g/mol. The Balaban J connectivity index is 1.82. The third kappa shape index (κ3) is 4.39. The second-order valence-electron chi connectivity index (χ2n) is 6.72. The first-order valence-electron chi connectivity index (χ1n) is 10.1. The molecule has 0 aliphatic heterocycles. The maximum atomic E-state index is 11.4. The van der Waals surface area contributed by atoms with Gasteiger partial charge < -0.3 is 19.4 Å². The smallest absolute Gasteiger partial charge is 0.413 e. The number of methoxy groups -OCH3 is 1. The van der Waals surface area contributed by atoms with Gasteiger partial charge in [-0.15, -0.1) is 0 Å². The third-order valence-corrected chi connectivity index (χ3v) is 4.89. The maximum absolute atomic E-state index is 11.4. The number of quaternary nitrogens is 1. The first-order chi connectivity index (χ1) is 14.6. The van der Waals surface area contributed by atoms with E-state index < -0.39 is 0 Å². The number of nitrogens with zero attached hydrogens (tertiary/aromatic N) is 2. The lowest BCUT2D eigenvalue weighted by atomic mass is 10.1. The summed E-state index contributed by atoms with van der Waals surface area (Å²) in [4.78, 5) is 11.4. The molecule has 1 aromatic heterocycles. The topological polar surface area (TPSA) is 92.9 Å². The number of nitrogens with one attached hydrogen (secondary N) is 1. The number of carbonyl (C=O) groups excluding carboxylic acids is 1. The quantitative estimate of drug-likeness (QED) is 0.562. The number of amides is 2. The standard InChI is InChI=1S/C23H26N4O3/c1-4-25-23(28)26-12-13-30-17-8-6-16(7-9-17)22-20(15-24)19-11-10-18(29-3)14-21(19)27(22)5-2/h6-11,14H,4-5,12-13H2,1-3H3,(H2,25,26,28)/p+1. The predicted octanol–water partition coefficient (Wildman–Crippen LogP) is 2.88. The van der Waals surface area contributed by atoms with Crippen LogP contribution in [-0.4, -0.2) is 37.4 Å². The fourth-order valence-corrected chi connectivity index (χ4v) is 3.52. The number of aromatic nitrogens is 1. The summed E-state index contributed by atoms with van der Waals surface area (Å²) in [5.41, 5.74) is 3.47. The average molecular weight is 407 g/mol. The van der Waals surface area contributed by atoms with Gasteiger partial charge in [-0.1, -0.05) is 0 Å². The van der Waals surface area contributed by atoms with Crippen molar-refractivity contribution in [3.05, 3.63) is 48.0 Å². The monoisotopic (exact) mass is 407 g/mol. The molecule has 30 heavy (non-hydrogen) atoms. The van der Waals surface area contributed by atoms with Gasteiger partial charge in [0.1, 0.15) is 30.7 Å². The molecular formula is C23H27N4O3+. The number of aryl methyl sites for hydroxylation is 1. The molecule has 0 spiro atoms. The van der Waals surface area contributed by atoms with Crippen LogP contribution in [0, 0.1) is 11.3 Å². The van der Waals surface area contributed by atoms with Crippen LogP contribution in [0.15, 0.2) is 42.5 Å². The molecule has 0 saturated carbocycles. The van der Waals surface area contributed by atoms with Crippen LogP contribution in [0.2, 0.25) is 0 Å². The summed E-state index contributed by atoms with van der Waals surface area (Å²) in [5, 5.41) is 15.1. The highest BCUT2D eigenvalue weighted by Crippen LogP contribution is 2.35. The van der Waals surface area contributed by atoms with Crippen molar-refractivity contribution in [2.75, 3.05) is 26.8 Å². The van der Waals surface area contributed by atoms with Crippen LogP contribution in [0.25, 0.3) is 22.2 Å². The largest absolute Gasteiger partial charge is 0.497 e. The molecule has 7 nitrogen and oxygen atoms in total. The summed E-state index contributed by atoms with van der Waals surface area (Å²) >= 11 is 0. The summed E-state index contributed by atoms with van der Waals surface area (Å²) in [6.07, 6.45) is 0. The summed E-state index contributed by atoms with van der Waals surface area (Å²) in [7, 11) is 1.64. The lowest BCUT2D eigenvalue weighted by Gasteiger charge is -2.10. The highest BCUT2D eigenvalue weighted by molar-refractivity contribution is 5.95. The number of primary amides is 1. The Kier molecular flexibility index (Phi) is 6.94. The number of urea groups is 1. The fourth-order valence-electron chi connectivity index (χ4n) is 3.52. The van der Waals surface area contributed by atoms with Gasteiger partial charge in [0, 0.05) is 24.5 Å². The molecule has 156 valence electrons.